The van der Waals surface area contributed by atoms with Crippen LogP contribution in [0.3, 0.4) is 0 Å². The molecule has 4 nitrogen and oxygen atoms in total. The molecule has 1 aromatic heterocycles. The molecule has 0 saturated heterocycles. The molecule has 1 aromatic carbocycles. The molecular formula is C13H13BrN2O2. The van der Waals surface area contributed by atoms with E-state index in [9.17, 15) is 4.79 Å². The molecule has 0 atom stereocenters. The summed E-state index contributed by atoms with van der Waals surface area (Å²) in [5, 5.41) is 4.14. The van der Waals surface area contributed by atoms with Gasteiger partial charge in [0.15, 0.2) is 0 Å². The van der Waals surface area contributed by atoms with Gasteiger partial charge in [-0.05, 0) is 31.2 Å². The lowest BCUT2D eigenvalue weighted by molar-refractivity contribution is 0.287. The molecule has 0 bridgehead atoms. The fraction of sp³-hybridized carbons (Fsp3) is 0.231. The number of hydrogen-bond acceptors (Lipinski definition) is 3. The van der Waals surface area contributed by atoms with Crippen molar-refractivity contribution in [3.8, 4) is 5.75 Å². The molecule has 2 rings (SSSR count). The van der Waals surface area contributed by atoms with Crippen LogP contribution in [0.15, 0.2) is 45.7 Å². The summed E-state index contributed by atoms with van der Waals surface area (Å²) < 4.78 is 7.93. The first kappa shape index (κ1) is 12.8. The normalized spacial score (nSPS) is 10.3. The van der Waals surface area contributed by atoms with Gasteiger partial charge in [-0.15, -0.1) is 0 Å². The third kappa shape index (κ3) is 3.43. The van der Waals surface area contributed by atoms with E-state index in [1.165, 1.54) is 10.7 Å². The van der Waals surface area contributed by atoms with E-state index >= 15 is 0 Å². The summed E-state index contributed by atoms with van der Waals surface area (Å²) in [7, 11) is 0. The van der Waals surface area contributed by atoms with Gasteiger partial charge >= 0.3 is 0 Å². The number of hydrogen-bond donors (Lipinski definition) is 0. The van der Waals surface area contributed by atoms with Crippen molar-refractivity contribution in [2.75, 3.05) is 6.61 Å². The average Bonchev–Trinajstić information content (AvgIpc) is 2.34. The zero-order valence-corrected chi connectivity index (χ0v) is 11.6. The van der Waals surface area contributed by atoms with Crippen molar-refractivity contribution in [1.82, 2.24) is 9.78 Å². The summed E-state index contributed by atoms with van der Waals surface area (Å²) >= 11 is 3.37. The molecule has 0 aliphatic carbocycles. The topological polar surface area (TPSA) is 44.1 Å². The molecule has 0 saturated carbocycles. The standard InChI is InChI=1S/C13H13BrN2O2/c1-10-5-6-13(17)16(15-10)7-8-18-12-4-2-3-11(14)9-12/h2-6,9H,7-8H2,1H3. The molecule has 0 fully saturated rings. The van der Waals surface area contributed by atoms with Crippen LogP contribution in [-0.4, -0.2) is 16.4 Å². The first-order valence-corrected chi connectivity index (χ1v) is 6.37. The van der Waals surface area contributed by atoms with Gasteiger partial charge in [0.25, 0.3) is 5.56 Å². The Hall–Kier alpha value is -1.62. The number of ether oxygens (including phenoxy) is 1. The van der Waals surface area contributed by atoms with Gasteiger partial charge in [0.2, 0.25) is 0 Å². The summed E-state index contributed by atoms with van der Waals surface area (Å²) in [6, 6.07) is 10.8. The molecule has 0 spiro atoms. The number of halogens is 1. The summed E-state index contributed by atoms with van der Waals surface area (Å²) in [6.45, 7) is 2.70. The Morgan fingerprint density at radius 1 is 1.33 bits per heavy atom. The van der Waals surface area contributed by atoms with Crippen LogP contribution < -0.4 is 10.3 Å². The Labute approximate surface area is 113 Å². The Kier molecular flexibility index (Phi) is 4.15. The van der Waals surface area contributed by atoms with E-state index in [1.54, 1.807) is 6.07 Å². The van der Waals surface area contributed by atoms with Crippen LogP contribution >= 0.6 is 15.9 Å². The lowest BCUT2D eigenvalue weighted by Gasteiger charge is -2.08. The summed E-state index contributed by atoms with van der Waals surface area (Å²) in [5.74, 6) is 0.769. The molecule has 0 aliphatic rings. The maximum absolute atomic E-state index is 11.5. The maximum Gasteiger partial charge on any atom is 0.266 e. The van der Waals surface area contributed by atoms with Crippen LogP contribution in [0.25, 0.3) is 0 Å². The van der Waals surface area contributed by atoms with E-state index in [1.807, 2.05) is 31.2 Å². The first-order chi connectivity index (χ1) is 8.65. The van der Waals surface area contributed by atoms with Crippen molar-refractivity contribution in [3.63, 3.8) is 0 Å². The van der Waals surface area contributed by atoms with Gasteiger partial charge in [-0.3, -0.25) is 4.79 Å². The van der Waals surface area contributed by atoms with Gasteiger partial charge in [-0.2, -0.15) is 5.10 Å². The molecule has 18 heavy (non-hydrogen) atoms. The number of benzene rings is 1. The Morgan fingerprint density at radius 3 is 2.94 bits per heavy atom. The minimum atomic E-state index is -0.113. The monoisotopic (exact) mass is 308 g/mol. The number of nitrogens with zero attached hydrogens (tertiary/aromatic N) is 2. The molecular weight excluding hydrogens is 296 g/mol. The summed E-state index contributed by atoms with van der Waals surface area (Å²) in [5.41, 5.74) is 0.704. The second kappa shape index (κ2) is 5.82. The Balaban J connectivity index is 1.96. The SMILES string of the molecule is Cc1ccc(=O)n(CCOc2cccc(Br)c2)n1. The lowest BCUT2D eigenvalue weighted by Crippen LogP contribution is -2.25. The van der Waals surface area contributed by atoms with E-state index in [4.69, 9.17) is 4.74 Å². The van der Waals surface area contributed by atoms with Crippen LogP contribution in [0, 0.1) is 6.92 Å². The fourth-order valence-electron chi connectivity index (χ4n) is 1.52. The fourth-order valence-corrected chi connectivity index (χ4v) is 1.90. The zero-order valence-electron chi connectivity index (χ0n) is 9.97. The summed E-state index contributed by atoms with van der Waals surface area (Å²) in [4.78, 5) is 11.5. The summed E-state index contributed by atoms with van der Waals surface area (Å²) in [6.07, 6.45) is 0. The van der Waals surface area contributed by atoms with E-state index in [0.717, 1.165) is 15.9 Å². The predicted octanol–water partition coefficient (Wildman–Crippen LogP) is 2.39. The molecule has 0 aliphatic heterocycles. The zero-order chi connectivity index (χ0) is 13.0. The van der Waals surface area contributed by atoms with Gasteiger partial charge in [-0.25, -0.2) is 4.68 Å². The molecule has 1 heterocycles. The highest BCUT2D eigenvalue weighted by molar-refractivity contribution is 9.10. The van der Waals surface area contributed by atoms with Crippen LogP contribution in [0.2, 0.25) is 0 Å². The van der Waals surface area contributed by atoms with Crippen LogP contribution in [0.4, 0.5) is 0 Å². The third-order valence-electron chi connectivity index (χ3n) is 2.37. The second-order valence-corrected chi connectivity index (χ2v) is 4.76. The first-order valence-electron chi connectivity index (χ1n) is 5.58. The van der Waals surface area contributed by atoms with E-state index in [-0.39, 0.29) is 5.56 Å². The largest absolute Gasteiger partial charge is 0.492 e. The maximum atomic E-state index is 11.5. The van der Waals surface area contributed by atoms with Gasteiger partial charge < -0.3 is 4.74 Å². The molecule has 2 aromatic rings. The van der Waals surface area contributed by atoms with E-state index < -0.39 is 0 Å². The molecule has 0 amide bonds. The van der Waals surface area contributed by atoms with Gasteiger partial charge in [-0.1, -0.05) is 22.0 Å². The molecule has 0 N–H and O–H groups in total. The van der Waals surface area contributed by atoms with Crippen molar-refractivity contribution in [2.45, 2.75) is 13.5 Å². The van der Waals surface area contributed by atoms with E-state index in [2.05, 4.69) is 21.0 Å². The van der Waals surface area contributed by atoms with E-state index in [0.29, 0.717) is 13.2 Å². The minimum Gasteiger partial charge on any atom is -0.492 e. The highest BCUT2D eigenvalue weighted by Gasteiger charge is 1.99. The van der Waals surface area contributed by atoms with Crippen molar-refractivity contribution in [3.05, 3.63) is 56.9 Å². The molecule has 94 valence electrons. The highest BCUT2D eigenvalue weighted by Crippen LogP contribution is 2.17. The Morgan fingerprint density at radius 2 is 2.17 bits per heavy atom. The van der Waals surface area contributed by atoms with Crippen molar-refractivity contribution >= 4 is 15.9 Å². The van der Waals surface area contributed by atoms with Gasteiger partial charge in [0.05, 0.1) is 12.2 Å². The van der Waals surface area contributed by atoms with Crippen LogP contribution in [0.5, 0.6) is 5.75 Å². The lowest BCUT2D eigenvalue weighted by atomic mass is 10.3. The average molecular weight is 309 g/mol. The van der Waals surface area contributed by atoms with Crippen LogP contribution in [0.1, 0.15) is 5.69 Å². The quantitative estimate of drug-likeness (QED) is 0.871. The highest BCUT2D eigenvalue weighted by atomic mass is 79.9. The Bertz CT molecular complexity index is 596. The van der Waals surface area contributed by atoms with Gasteiger partial charge in [0, 0.05) is 10.5 Å². The van der Waals surface area contributed by atoms with Crippen molar-refractivity contribution in [1.29, 1.82) is 0 Å². The number of rotatable bonds is 4. The van der Waals surface area contributed by atoms with Gasteiger partial charge in [0.1, 0.15) is 12.4 Å². The minimum absolute atomic E-state index is 0.113. The number of aryl methyl sites for hydroxylation is 1. The van der Waals surface area contributed by atoms with Crippen molar-refractivity contribution in [2.24, 2.45) is 0 Å². The predicted molar refractivity (Wildman–Crippen MR) is 72.9 cm³/mol. The number of aromatic nitrogens is 2. The second-order valence-electron chi connectivity index (χ2n) is 3.84. The van der Waals surface area contributed by atoms with Crippen LogP contribution in [-0.2, 0) is 6.54 Å². The molecule has 0 unspecified atom stereocenters. The molecule has 0 radical (unpaired) electrons. The third-order valence-corrected chi connectivity index (χ3v) is 2.86. The van der Waals surface area contributed by atoms with Crippen molar-refractivity contribution < 1.29 is 4.74 Å². The molecule has 5 heteroatoms. The smallest absolute Gasteiger partial charge is 0.266 e.